The largest absolute Gasteiger partial charge is 0.468 e. The van der Waals surface area contributed by atoms with Crippen LogP contribution in [0.15, 0.2) is 27.6 Å². The van der Waals surface area contributed by atoms with Crippen LogP contribution < -0.4 is 4.72 Å². The third kappa shape index (κ3) is 3.50. The third-order valence-corrected chi connectivity index (χ3v) is 4.14. The summed E-state index contributed by atoms with van der Waals surface area (Å²) in [7, 11) is -2.98. The van der Waals surface area contributed by atoms with Crippen LogP contribution in [0.2, 0.25) is 0 Å². The van der Waals surface area contributed by atoms with E-state index < -0.39 is 32.7 Å². The van der Waals surface area contributed by atoms with Crippen molar-refractivity contribution in [2.45, 2.75) is 17.9 Å². The zero-order chi connectivity index (χ0) is 13.9. The van der Waals surface area contributed by atoms with Gasteiger partial charge in [-0.25, -0.2) is 12.8 Å². The van der Waals surface area contributed by atoms with Crippen LogP contribution in [0.4, 0.5) is 4.39 Å². The molecule has 0 saturated heterocycles. The van der Waals surface area contributed by atoms with Gasteiger partial charge in [-0.1, -0.05) is 15.9 Å². The lowest BCUT2D eigenvalue weighted by Gasteiger charge is -2.12. The molecule has 0 heterocycles. The van der Waals surface area contributed by atoms with Crippen LogP contribution in [0, 0.1) is 5.82 Å². The Morgan fingerprint density at radius 2 is 2.11 bits per heavy atom. The van der Waals surface area contributed by atoms with E-state index in [0.717, 1.165) is 19.2 Å². The van der Waals surface area contributed by atoms with Crippen molar-refractivity contribution in [2.24, 2.45) is 0 Å². The zero-order valence-corrected chi connectivity index (χ0v) is 12.0. The molecule has 0 fully saturated rings. The van der Waals surface area contributed by atoms with E-state index in [4.69, 9.17) is 0 Å². The predicted octanol–water partition coefficient (Wildman–Crippen LogP) is 1.43. The highest BCUT2D eigenvalue weighted by molar-refractivity contribution is 9.10. The summed E-state index contributed by atoms with van der Waals surface area (Å²) in [6.45, 7) is 1.31. The van der Waals surface area contributed by atoms with E-state index in [1.54, 1.807) is 0 Å². The van der Waals surface area contributed by atoms with Crippen LogP contribution in [0.1, 0.15) is 6.92 Å². The second-order valence-corrected chi connectivity index (χ2v) is 6.04. The zero-order valence-electron chi connectivity index (χ0n) is 9.61. The Bertz CT molecular complexity index is 561. The van der Waals surface area contributed by atoms with Crippen LogP contribution in [0.3, 0.4) is 0 Å². The van der Waals surface area contributed by atoms with Gasteiger partial charge < -0.3 is 4.74 Å². The second kappa shape index (κ2) is 5.77. The normalized spacial score (nSPS) is 13.1. The Hall–Kier alpha value is -0.990. The van der Waals surface area contributed by atoms with Crippen LogP contribution >= 0.6 is 15.9 Å². The van der Waals surface area contributed by atoms with E-state index in [0.29, 0.717) is 4.47 Å². The smallest absolute Gasteiger partial charge is 0.323 e. The van der Waals surface area contributed by atoms with Crippen molar-refractivity contribution >= 4 is 31.9 Å². The van der Waals surface area contributed by atoms with Crippen molar-refractivity contribution < 1.29 is 22.3 Å². The average Bonchev–Trinajstić information content (AvgIpc) is 2.26. The molecule has 1 aromatic carbocycles. The van der Waals surface area contributed by atoms with Gasteiger partial charge in [-0.15, -0.1) is 0 Å². The first-order valence-corrected chi connectivity index (χ1v) is 7.10. The summed E-state index contributed by atoms with van der Waals surface area (Å²) in [6, 6.07) is 2.42. The van der Waals surface area contributed by atoms with Crippen molar-refractivity contribution in [1.29, 1.82) is 0 Å². The van der Waals surface area contributed by atoms with Crippen molar-refractivity contribution in [3.63, 3.8) is 0 Å². The van der Waals surface area contributed by atoms with Crippen molar-refractivity contribution in [3.8, 4) is 0 Å². The number of carbonyl (C=O) groups is 1. The molecule has 8 heteroatoms. The van der Waals surface area contributed by atoms with E-state index in [1.807, 2.05) is 4.72 Å². The van der Waals surface area contributed by atoms with Gasteiger partial charge in [0.2, 0.25) is 10.0 Å². The number of hydrogen-bond donors (Lipinski definition) is 1. The minimum absolute atomic E-state index is 0.417. The highest BCUT2D eigenvalue weighted by Gasteiger charge is 2.25. The molecule has 18 heavy (non-hydrogen) atoms. The molecular weight excluding hydrogens is 329 g/mol. The van der Waals surface area contributed by atoms with Gasteiger partial charge in [0.15, 0.2) is 0 Å². The monoisotopic (exact) mass is 339 g/mol. The summed E-state index contributed by atoms with van der Waals surface area (Å²) in [5.41, 5.74) is 0. The van der Waals surface area contributed by atoms with Gasteiger partial charge in [0.05, 0.1) is 7.11 Å². The highest BCUT2D eigenvalue weighted by Crippen LogP contribution is 2.19. The molecule has 0 radical (unpaired) electrons. The fourth-order valence-corrected chi connectivity index (χ4v) is 2.80. The molecule has 100 valence electrons. The molecule has 1 aromatic rings. The number of sulfonamides is 1. The third-order valence-electron chi connectivity index (χ3n) is 2.07. The molecule has 0 spiro atoms. The molecule has 0 saturated carbocycles. The Morgan fingerprint density at radius 1 is 1.50 bits per heavy atom. The number of hydrogen-bond acceptors (Lipinski definition) is 4. The quantitative estimate of drug-likeness (QED) is 0.842. The van der Waals surface area contributed by atoms with E-state index in [2.05, 4.69) is 20.7 Å². The number of nitrogens with one attached hydrogen (secondary N) is 1. The summed E-state index contributed by atoms with van der Waals surface area (Å²) in [5.74, 6) is -1.66. The minimum Gasteiger partial charge on any atom is -0.468 e. The van der Waals surface area contributed by atoms with E-state index in [-0.39, 0.29) is 0 Å². The Kier molecular flexibility index (Phi) is 4.83. The fourth-order valence-electron chi connectivity index (χ4n) is 1.21. The van der Waals surface area contributed by atoms with Gasteiger partial charge in [0, 0.05) is 4.47 Å². The molecule has 1 atom stereocenters. The molecule has 5 nitrogen and oxygen atoms in total. The summed E-state index contributed by atoms with van der Waals surface area (Å²) in [5, 5.41) is 0. The van der Waals surface area contributed by atoms with Crippen LogP contribution in [-0.2, 0) is 19.6 Å². The molecule has 0 unspecified atom stereocenters. The molecule has 0 aliphatic carbocycles. The molecule has 0 amide bonds. The Balaban J connectivity index is 3.04. The SMILES string of the molecule is COC(=O)[C@H](C)NS(=O)(=O)c1ccc(Br)cc1F. The number of ether oxygens (including phenoxy) is 1. The second-order valence-electron chi connectivity index (χ2n) is 3.44. The molecular formula is C10H11BrFNO4S. The number of carbonyl (C=O) groups excluding carboxylic acids is 1. The maximum absolute atomic E-state index is 13.5. The summed E-state index contributed by atoms with van der Waals surface area (Å²) >= 11 is 3.02. The number of benzene rings is 1. The maximum atomic E-state index is 13.5. The predicted molar refractivity (Wildman–Crippen MR) is 65.9 cm³/mol. The standard InChI is InChI=1S/C10H11BrFNO4S/c1-6(10(14)17-2)13-18(15,16)9-4-3-7(11)5-8(9)12/h3-6,13H,1-2H3/t6-/m0/s1. The lowest BCUT2D eigenvalue weighted by molar-refractivity contribution is -0.142. The number of rotatable bonds is 4. The van der Waals surface area contributed by atoms with Gasteiger partial charge in [-0.05, 0) is 25.1 Å². The Morgan fingerprint density at radius 3 is 2.61 bits per heavy atom. The van der Waals surface area contributed by atoms with E-state index >= 15 is 0 Å². The van der Waals surface area contributed by atoms with E-state index in [1.165, 1.54) is 13.0 Å². The first kappa shape index (κ1) is 15.1. The highest BCUT2D eigenvalue weighted by atomic mass is 79.9. The lowest BCUT2D eigenvalue weighted by Crippen LogP contribution is -2.39. The molecule has 0 aromatic heterocycles. The Labute approximate surface area is 113 Å². The first-order valence-electron chi connectivity index (χ1n) is 4.83. The minimum atomic E-state index is -4.11. The van der Waals surface area contributed by atoms with Gasteiger partial charge in [0.1, 0.15) is 16.8 Å². The molecule has 0 bridgehead atoms. The van der Waals surface area contributed by atoms with Crippen molar-refractivity contribution in [2.75, 3.05) is 7.11 Å². The summed E-state index contributed by atoms with van der Waals surface area (Å²) in [6.07, 6.45) is 0. The fraction of sp³-hybridized carbons (Fsp3) is 0.300. The topological polar surface area (TPSA) is 72.5 Å². The number of esters is 1. The maximum Gasteiger partial charge on any atom is 0.323 e. The molecule has 0 aliphatic rings. The lowest BCUT2D eigenvalue weighted by atomic mass is 10.3. The van der Waals surface area contributed by atoms with Crippen LogP contribution in [0.25, 0.3) is 0 Å². The van der Waals surface area contributed by atoms with Gasteiger partial charge in [-0.3, -0.25) is 4.79 Å². The molecule has 1 rings (SSSR count). The summed E-state index contributed by atoms with van der Waals surface area (Å²) < 4.78 is 44.0. The van der Waals surface area contributed by atoms with Crippen molar-refractivity contribution in [1.82, 2.24) is 4.72 Å². The van der Waals surface area contributed by atoms with Crippen LogP contribution in [0.5, 0.6) is 0 Å². The first-order chi connectivity index (χ1) is 8.27. The molecule has 1 N–H and O–H groups in total. The average molecular weight is 340 g/mol. The van der Waals surface area contributed by atoms with Gasteiger partial charge in [-0.2, -0.15) is 4.72 Å². The van der Waals surface area contributed by atoms with Crippen LogP contribution in [-0.4, -0.2) is 27.5 Å². The number of methoxy groups -OCH3 is 1. The summed E-state index contributed by atoms with van der Waals surface area (Å²) in [4.78, 5) is 10.6. The van der Waals surface area contributed by atoms with Gasteiger partial charge in [0.25, 0.3) is 0 Å². The van der Waals surface area contributed by atoms with E-state index in [9.17, 15) is 17.6 Å². The van der Waals surface area contributed by atoms with Gasteiger partial charge >= 0.3 is 5.97 Å². The van der Waals surface area contributed by atoms with Crippen molar-refractivity contribution in [3.05, 3.63) is 28.5 Å². The molecule has 0 aliphatic heterocycles. The number of halogens is 2.